The summed E-state index contributed by atoms with van der Waals surface area (Å²) in [5.41, 5.74) is 1.82. The molecule has 3 atom stereocenters. The van der Waals surface area contributed by atoms with Gasteiger partial charge in [0.25, 0.3) is 0 Å². The lowest BCUT2D eigenvalue weighted by molar-refractivity contribution is 0.152. The van der Waals surface area contributed by atoms with Crippen molar-refractivity contribution < 1.29 is 5.21 Å². The summed E-state index contributed by atoms with van der Waals surface area (Å²) in [6.45, 7) is 9.13. The summed E-state index contributed by atoms with van der Waals surface area (Å²) >= 11 is 0. The van der Waals surface area contributed by atoms with Gasteiger partial charge in [0, 0.05) is 5.92 Å². The Morgan fingerprint density at radius 2 is 2.00 bits per heavy atom. The van der Waals surface area contributed by atoms with E-state index in [0.717, 1.165) is 11.6 Å². The average Bonchev–Trinajstić information content (AvgIpc) is 2.47. The summed E-state index contributed by atoms with van der Waals surface area (Å²) < 4.78 is 0. The molecule has 0 saturated heterocycles. The number of oxime groups is 1. The molecule has 0 heterocycles. The van der Waals surface area contributed by atoms with Crippen LogP contribution in [0.4, 0.5) is 0 Å². The highest BCUT2D eigenvalue weighted by atomic mass is 16.4. The molecule has 2 bridgehead atoms. The second-order valence-electron chi connectivity index (χ2n) is 5.98. The van der Waals surface area contributed by atoms with Gasteiger partial charge in [-0.05, 0) is 42.9 Å². The third-order valence-corrected chi connectivity index (χ3v) is 5.34. The van der Waals surface area contributed by atoms with Crippen molar-refractivity contribution in [2.24, 2.45) is 27.8 Å². The van der Waals surface area contributed by atoms with Crippen LogP contribution in [0.5, 0.6) is 0 Å². The fraction of sp³-hybridized carbons (Fsp3) is 0.917. The first-order chi connectivity index (χ1) is 6.42. The van der Waals surface area contributed by atoms with E-state index in [2.05, 4.69) is 25.9 Å². The van der Waals surface area contributed by atoms with Crippen LogP contribution in [0.1, 0.15) is 47.0 Å². The van der Waals surface area contributed by atoms with Gasteiger partial charge < -0.3 is 5.21 Å². The van der Waals surface area contributed by atoms with Crippen molar-refractivity contribution in [2.75, 3.05) is 0 Å². The second kappa shape index (κ2) is 2.74. The molecule has 2 aliphatic carbocycles. The SMILES string of the molecule is CC(=NO)C1CC2(C)CCC1C2(C)C. The molecule has 2 saturated carbocycles. The van der Waals surface area contributed by atoms with E-state index in [0.29, 0.717) is 16.7 Å². The summed E-state index contributed by atoms with van der Waals surface area (Å²) in [5.74, 6) is 1.25. The quantitative estimate of drug-likeness (QED) is 0.388. The maximum atomic E-state index is 8.87. The zero-order valence-corrected chi connectivity index (χ0v) is 9.67. The molecule has 2 rings (SSSR count). The Hall–Kier alpha value is -0.530. The van der Waals surface area contributed by atoms with E-state index >= 15 is 0 Å². The number of hydrogen-bond acceptors (Lipinski definition) is 2. The Kier molecular flexibility index (Phi) is 1.96. The molecule has 80 valence electrons. The highest BCUT2D eigenvalue weighted by Crippen LogP contribution is 2.67. The first kappa shape index (κ1) is 10.0. The first-order valence-electron chi connectivity index (χ1n) is 5.61. The highest BCUT2D eigenvalue weighted by molar-refractivity contribution is 5.84. The molecule has 0 spiro atoms. The summed E-state index contributed by atoms with van der Waals surface area (Å²) in [6.07, 6.45) is 3.86. The third kappa shape index (κ3) is 0.999. The predicted molar refractivity (Wildman–Crippen MR) is 57.6 cm³/mol. The molecular weight excluding hydrogens is 174 g/mol. The zero-order chi connectivity index (χ0) is 10.6. The van der Waals surface area contributed by atoms with Crippen LogP contribution < -0.4 is 0 Å². The minimum absolute atomic E-state index is 0.420. The van der Waals surface area contributed by atoms with Crippen LogP contribution >= 0.6 is 0 Å². The van der Waals surface area contributed by atoms with E-state index < -0.39 is 0 Å². The van der Waals surface area contributed by atoms with E-state index in [-0.39, 0.29) is 0 Å². The van der Waals surface area contributed by atoms with Gasteiger partial charge in [-0.1, -0.05) is 25.9 Å². The number of nitrogens with zero attached hydrogens (tertiary/aromatic N) is 1. The van der Waals surface area contributed by atoms with Crippen LogP contribution in [-0.2, 0) is 0 Å². The number of fused-ring (bicyclic) bond motifs is 2. The normalized spacial score (nSPS) is 45.9. The standard InChI is InChI=1S/C12H21NO/c1-8(13-14)9-7-12(4)6-5-10(9)11(12,2)3/h9-10,14H,5-7H2,1-4H3. The van der Waals surface area contributed by atoms with Crippen molar-refractivity contribution in [3.8, 4) is 0 Å². The Morgan fingerprint density at radius 3 is 2.36 bits per heavy atom. The van der Waals surface area contributed by atoms with Gasteiger partial charge in [0.05, 0.1) is 5.71 Å². The van der Waals surface area contributed by atoms with E-state index in [1.807, 2.05) is 6.92 Å². The summed E-state index contributed by atoms with van der Waals surface area (Å²) in [5, 5.41) is 12.3. The molecular formula is C12H21NO. The second-order valence-corrected chi connectivity index (χ2v) is 5.98. The molecule has 14 heavy (non-hydrogen) atoms. The number of rotatable bonds is 1. The molecule has 2 heteroatoms. The zero-order valence-electron chi connectivity index (χ0n) is 9.67. The van der Waals surface area contributed by atoms with E-state index in [9.17, 15) is 0 Å². The maximum absolute atomic E-state index is 8.87. The summed E-state index contributed by atoms with van der Waals surface area (Å²) in [4.78, 5) is 0. The van der Waals surface area contributed by atoms with Gasteiger partial charge in [-0.2, -0.15) is 0 Å². The van der Waals surface area contributed by atoms with Gasteiger partial charge in [0.1, 0.15) is 0 Å². The Morgan fingerprint density at radius 1 is 1.36 bits per heavy atom. The minimum Gasteiger partial charge on any atom is -0.411 e. The fourth-order valence-corrected chi connectivity index (χ4v) is 3.81. The maximum Gasteiger partial charge on any atom is 0.0574 e. The van der Waals surface area contributed by atoms with Crippen molar-refractivity contribution >= 4 is 5.71 Å². The van der Waals surface area contributed by atoms with Crippen LogP contribution in [0.2, 0.25) is 0 Å². The largest absolute Gasteiger partial charge is 0.411 e. The van der Waals surface area contributed by atoms with Crippen molar-refractivity contribution in [1.82, 2.24) is 0 Å². The molecule has 3 unspecified atom stereocenters. The smallest absolute Gasteiger partial charge is 0.0574 e. The molecule has 0 radical (unpaired) electrons. The third-order valence-electron chi connectivity index (χ3n) is 5.34. The van der Waals surface area contributed by atoms with Crippen molar-refractivity contribution in [3.63, 3.8) is 0 Å². The topological polar surface area (TPSA) is 32.6 Å². The molecule has 2 fully saturated rings. The minimum atomic E-state index is 0.420. The first-order valence-corrected chi connectivity index (χ1v) is 5.61. The van der Waals surface area contributed by atoms with Crippen molar-refractivity contribution in [1.29, 1.82) is 0 Å². The molecule has 0 amide bonds. The van der Waals surface area contributed by atoms with Crippen LogP contribution in [0.15, 0.2) is 5.16 Å². The summed E-state index contributed by atoms with van der Waals surface area (Å²) in [7, 11) is 0. The summed E-state index contributed by atoms with van der Waals surface area (Å²) in [6, 6.07) is 0. The van der Waals surface area contributed by atoms with E-state index in [1.165, 1.54) is 19.3 Å². The van der Waals surface area contributed by atoms with Gasteiger partial charge in [0.15, 0.2) is 0 Å². The molecule has 2 aliphatic rings. The highest BCUT2D eigenvalue weighted by Gasteiger charge is 2.60. The van der Waals surface area contributed by atoms with Gasteiger partial charge in [-0.3, -0.25) is 0 Å². The fourth-order valence-electron chi connectivity index (χ4n) is 3.81. The van der Waals surface area contributed by atoms with Crippen LogP contribution in [-0.4, -0.2) is 10.9 Å². The van der Waals surface area contributed by atoms with E-state index in [1.54, 1.807) is 0 Å². The predicted octanol–water partition coefficient (Wildman–Crippen LogP) is 3.30. The van der Waals surface area contributed by atoms with Crippen molar-refractivity contribution in [2.45, 2.75) is 47.0 Å². The molecule has 0 aliphatic heterocycles. The molecule has 0 aromatic rings. The molecule has 0 aromatic carbocycles. The molecule has 1 N–H and O–H groups in total. The Balaban J connectivity index is 2.32. The lowest BCUT2D eigenvalue weighted by Crippen LogP contribution is -2.26. The Bertz CT molecular complexity index is 279. The van der Waals surface area contributed by atoms with Gasteiger partial charge >= 0.3 is 0 Å². The molecule has 2 nitrogen and oxygen atoms in total. The van der Waals surface area contributed by atoms with Crippen molar-refractivity contribution in [3.05, 3.63) is 0 Å². The lowest BCUT2D eigenvalue weighted by atomic mass is 9.71. The average molecular weight is 195 g/mol. The van der Waals surface area contributed by atoms with E-state index in [4.69, 9.17) is 5.21 Å². The monoisotopic (exact) mass is 195 g/mol. The Labute approximate surface area is 86.4 Å². The van der Waals surface area contributed by atoms with Crippen LogP contribution in [0, 0.1) is 22.7 Å². The lowest BCUT2D eigenvalue weighted by Gasteiger charge is -2.34. The van der Waals surface area contributed by atoms with Gasteiger partial charge in [-0.15, -0.1) is 0 Å². The van der Waals surface area contributed by atoms with Crippen LogP contribution in [0.25, 0.3) is 0 Å². The number of hydrogen-bond donors (Lipinski definition) is 1. The van der Waals surface area contributed by atoms with Gasteiger partial charge in [-0.25, -0.2) is 0 Å². The molecule has 0 aromatic heterocycles. The van der Waals surface area contributed by atoms with Crippen LogP contribution in [0.3, 0.4) is 0 Å². The van der Waals surface area contributed by atoms with Gasteiger partial charge in [0.2, 0.25) is 0 Å².